The van der Waals surface area contributed by atoms with E-state index in [1.54, 1.807) is 44.2 Å². The number of hydrogen-bond acceptors (Lipinski definition) is 6. The van der Waals surface area contributed by atoms with Crippen LogP contribution in [0.25, 0.3) is 0 Å². The largest absolute Gasteiger partial charge is 1.00 e. The number of hydrogen-bond donors (Lipinski definition) is 3. The molecule has 0 bridgehead atoms. The third-order valence-electron chi connectivity index (χ3n) is 4.39. The molecular formula is C23H27NaO7. The summed E-state index contributed by atoms with van der Waals surface area (Å²) in [7, 11) is 1.32. The van der Waals surface area contributed by atoms with Gasteiger partial charge in [-0.15, -0.1) is 13.2 Å². The van der Waals surface area contributed by atoms with E-state index < -0.39 is 11.9 Å². The van der Waals surface area contributed by atoms with Gasteiger partial charge in [0.05, 0.1) is 18.2 Å². The fourth-order valence-corrected chi connectivity index (χ4v) is 2.72. The standard InChI is InChI=1S/C12H14O3.C11H12O3.Na.H2O/c1-4-5-9-6-7-10(12(14)15-3)8(2)11(9)13;1-3-4-8-5-6-9(11(13)14)7(2)10(8)12;;/h4,6-7,13H,1,5H2,2-3H3;3,5-6,12H,1,4H2,2H3,(H,13,14);;1H2/q;;+1;/p-1. The Kier molecular flexibility index (Phi) is 14.2. The fraction of sp³-hybridized carbons (Fsp3) is 0.217. The van der Waals surface area contributed by atoms with E-state index in [2.05, 4.69) is 17.9 Å². The summed E-state index contributed by atoms with van der Waals surface area (Å²) in [5.41, 5.74) is 2.92. The number of carbonyl (C=O) groups excluding carboxylic acids is 1. The summed E-state index contributed by atoms with van der Waals surface area (Å²) in [5.74, 6) is -1.28. The number of aromatic hydroxyl groups is 2. The minimum Gasteiger partial charge on any atom is -0.870 e. The van der Waals surface area contributed by atoms with Crippen LogP contribution in [0.1, 0.15) is 43.0 Å². The molecule has 2 aromatic carbocycles. The molecular weight excluding hydrogens is 411 g/mol. The summed E-state index contributed by atoms with van der Waals surface area (Å²) in [6, 6.07) is 6.46. The fourth-order valence-electron chi connectivity index (χ4n) is 2.72. The number of phenolic OH excluding ortho intramolecular Hbond substituents is 2. The molecule has 0 spiro atoms. The van der Waals surface area contributed by atoms with Gasteiger partial charge >= 0.3 is 41.5 Å². The Morgan fingerprint density at radius 3 is 1.65 bits per heavy atom. The second-order valence-corrected chi connectivity index (χ2v) is 6.27. The van der Waals surface area contributed by atoms with Crippen LogP contribution < -0.4 is 29.6 Å². The molecule has 0 amide bonds. The van der Waals surface area contributed by atoms with Crippen molar-refractivity contribution in [3.8, 4) is 11.5 Å². The number of benzene rings is 2. The number of esters is 1. The van der Waals surface area contributed by atoms with Crippen LogP contribution in [-0.2, 0) is 17.6 Å². The third kappa shape index (κ3) is 7.88. The summed E-state index contributed by atoms with van der Waals surface area (Å²) < 4.78 is 4.60. The van der Waals surface area contributed by atoms with Gasteiger partial charge < -0.3 is 25.5 Å². The van der Waals surface area contributed by atoms with E-state index in [0.29, 0.717) is 35.1 Å². The zero-order valence-electron chi connectivity index (χ0n) is 18.3. The SMILES string of the molecule is C=CCc1ccc(C(=O)O)c(C)c1O.C=CCc1ccc(C(=O)OC)c(C)c1O.[Na+].[OH-]. The molecule has 0 unspecified atom stereocenters. The number of carboxylic acids is 1. The molecule has 8 heteroatoms. The van der Waals surface area contributed by atoms with Crippen molar-refractivity contribution in [3.05, 3.63) is 83.0 Å². The predicted molar refractivity (Wildman–Crippen MR) is 114 cm³/mol. The average molecular weight is 438 g/mol. The molecule has 2 aromatic rings. The molecule has 31 heavy (non-hydrogen) atoms. The van der Waals surface area contributed by atoms with Crippen molar-refractivity contribution < 1.29 is 64.7 Å². The van der Waals surface area contributed by atoms with E-state index >= 15 is 0 Å². The van der Waals surface area contributed by atoms with Crippen LogP contribution in [0, 0.1) is 13.8 Å². The number of phenols is 2. The number of carbonyl (C=O) groups is 2. The molecule has 0 radical (unpaired) electrons. The van der Waals surface area contributed by atoms with Crippen molar-refractivity contribution in [2.75, 3.05) is 7.11 Å². The summed E-state index contributed by atoms with van der Waals surface area (Å²) in [6.07, 6.45) is 4.47. The Balaban J connectivity index is 0. The normalized spacial score (nSPS) is 9.13. The van der Waals surface area contributed by atoms with E-state index in [1.165, 1.54) is 13.2 Å². The zero-order valence-corrected chi connectivity index (χ0v) is 20.3. The zero-order chi connectivity index (χ0) is 22.1. The summed E-state index contributed by atoms with van der Waals surface area (Å²) in [5, 5.41) is 28.2. The Labute approximate surface area is 204 Å². The first-order chi connectivity index (χ1) is 13.7. The molecule has 0 saturated carbocycles. The molecule has 7 nitrogen and oxygen atoms in total. The van der Waals surface area contributed by atoms with Crippen molar-refractivity contribution in [1.82, 2.24) is 0 Å². The van der Waals surface area contributed by atoms with Crippen molar-refractivity contribution in [1.29, 1.82) is 0 Å². The molecule has 0 aliphatic rings. The Morgan fingerprint density at radius 1 is 0.903 bits per heavy atom. The first-order valence-corrected chi connectivity index (χ1v) is 8.85. The maximum Gasteiger partial charge on any atom is 1.00 e. The molecule has 4 N–H and O–H groups in total. The molecule has 2 rings (SSSR count). The second kappa shape index (κ2) is 14.4. The van der Waals surface area contributed by atoms with Crippen LogP contribution in [0.4, 0.5) is 0 Å². The summed E-state index contributed by atoms with van der Waals surface area (Å²) >= 11 is 0. The monoisotopic (exact) mass is 438 g/mol. The quantitative estimate of drug-likeness (QED) is 0.350. The van der Waals surface area contributed by atoms with Gasteiger partial charge in [0, 0.05) is 11.1 Å². The van der Waals surface area contributed by atoms with E-state index in [0.717, 1.165) is 5.56 Å². The van der Waals surface area contributed by atoms with Crippen LogP contribution in [-0.4, -0.2) is 39.8 Å². The number of allylic oxidation sites excluding steroid dienone is 2. The van der Waals surface area contributed by atoms with Crippen molar-refractivity contribution in [2.45, 2.75) is 26.7 Å². The van der Waals surface area contributed by atoms with E-state index in [1.807, 2.05) is 0 Å². The molecule has 0 atom stereocenters. The second-order valence-electron chi connectivity index (χ2n) is 6.27. The maximum absolute atomic E-state index is 11.3. The third-order valence-corrected chi connectivity index (χ3v) is 4.39. The molecule has 0 fully saturated rings. The van der Waals surface area contributed by atoms with E-state index in [-0.39, 0.29) is 52.1 Å². The van der Waals surface area contributed by atoms with Crippen molar-refractivity contribution in [3.63, 3.8) is 0 Å². The van der Waals surface area contributed by atoms with Gasteiger partial charge in [0.2, 0.25) is 0 Å². The number of methoxy groups -OCH3 is 1. The van der Waals surface area contributed by atoms with Crippen LogP contribution in [0.5, 0.6) is 11.5 Å². The van der Waals surface area contributed by atoms with Crippen LogP contribution >= 0.6 is 0 Å². The van der Waals surface area contributed by atoms with Crippen molar-refractivity contribution in [2.24, 2.45) is 0 Å². The topological polar surface area (TPSA) is 134 Å². The molecule has 162 valence electrons. The van der Waals surface area contributed by atoms with Crippen LogP contribution in [0.3, 0.4) is 0 Å². The minimum absolute atomic E-state index is 0. The number of aromatic carboxylic acids is 1. The van der Waals surface area contributed by atoms with E-state index in [9.17, 15) is 19.8 Å². The van der Waals surface area contributed by atoms with Crippen LogP contribution in [0.15, 0.2) is 49.6 Å². The van der Waals surface area contributed by atoms with Gasteiger partial charge in [0.15, 0.2) is 0 Å². The van der Waals surface area contributed by atoms with Crippen LogP contribution in [0.2, 0.25) is 0 Å². The number of carboxylic acid groups (broad SMARTS) is 1. The van der Waals surface area contributed by atoms with E-state index in [4.69, 9.17) is 5.11 Å². The smallest absolute Gasteiger partial charge is 0.870 e. The molecule has 0 saturated heterocycles. The average Bonchev–Trinajstić information content (AvgIpc) is 2.69. The van der Waals surface area contributed by atoms with Gasteiger partial charge in [-0.2, -0.15) is 0 Å². The Morgan fingerprint density at radius 2 is 1.29 bits per heavy atom. The number of rotatable bonds is 6. The maximum atomic E-state index is 11.3. The van der Waals surface area contributed by atoms with Gasteiger partial charge in [-0.3, -0.25) is 0 Å². The Bertz CT molecular complexity index is 936. The van der Waals surface area contributed by atoms with Gasteiger partial charge in [0.1, 0.15) is 11.5 Å². The van der Waals surface area contributed by atoms with Gasteiger partial charge in [-0.25, -0.2) is 9.59 Å². The summed E-state index contributed by atoms with van der Waals surface area (Å²) in [6.45, 7) is 10.4. The van der Waals surface area contributed by atoms with Gasteiger partial charge in [-0.1, -0.05) is 24.3 Å². The molecule has 0 aliphatic carbocycles. The molecule has 0 aliphatic heterocycles. The van der Waals surface area contributed by atoms with Gasteiger partial charge in [-0.05, 0) is 49.9 Å². The number of ether oxygens (including phenoxy) is 1. The summed E-state index contributed by atoms with van der Waals surface area (Å²) in [4.78, 5) is 22.0. The molecule has 0 heterocycles. The van der Waals surface area contributed by atoms with Gasteiger partial charge in [0.25, 0.3) is 0 Å². The first kappa shape index (κ1) is 30.6. The first-order valence-electron chi connectivity index (χ1n) is 8.85. The Hall–Kier alpha value is -2.58. The molecule has 0 aromatic heterocycles. The van der Waals surface area contributed by atoms with Crippen molar-refractivity contribution >= 4 is 11.9 Å². The minimum atomic E-state index is -1.03. The predicted octanol–water partition coefficient (Wildman–Crippen LogP) is 1.17.